The van der Waals surface area contributed by atoms with E-state index in [1.54, 1.807) is 21.3 Å². The quantitative estimate of drug-likeness (QED) is 0.774. The topological polar surface area (TPSA) is 56.8 Å². The van der Waals surface area contributed by atoms with Crippen LogP contribution in [0, 0.1) is 0 Å². The van der Waals surface area contributed by atoms with Gasteiger partial charge in [-0.3, -0.25) is 4.79 Å². The van der Waals surface area contributed by atoms with Crippen LogP contribution in [0.15, 0.2) is 42.5 Å². The molecule has 0 aromatic heterocycles. The van der Waals surface area contributed by atoms with Crippen molar-refractivity contribution in [2.24, 2.45) is 0 Å². The van der Waals surface area contributed by atoms with E-state index >= 15 is 0 Å². The molecule has 144 valence electrons. The lowest BCUT2D eigenvalue weighted by Gasteiger charge is -2.42. The Kier molecular flexibility index (Phi) is 5.89. The monoisotopic (exact) mass is 369 g/mol. The number of carbonyl (C=O) groups is 1. The van der Waals surface area contributed by atoms with E-state index < -0.39 is 0 Å². The molecule has 1 fully saturated rings. The van der Waals surface area contributed by atoms with Crippen molar-refractivity contribution in [1.29, 1.82) is 0 Å². The molecule has 2 aromatic carbocycles. The standard InChI is InChI=1S/C22H27NO4/c1-25-18-12-16(13-19(26-2)21(18)27-3)14-20(24)23-15-22(10-7-11-22)17-8-5-4-6-9-17/h4-6,8-9,12-13H,7,10-11,14-15H2,1-3H3,(H,23,24). The third kappa shape index (κ3) is 4.02. The number of rotatable bonds is 8. The summed E-state index contributed by atoms with van der Waals surface area (Å²) in [6.07, 6.45) is 3.70. The summed E-state index contributed by atoms with van der Waals surface area (Å²) in [5.41, 5.74) is 2.21. The van der Waals surface area contributed by atoms with Crippen LogP contribution in [0.4, 0.5) is 0 Å². The Balaban J connectivity index is 1.67. The zero-order chi connectivity index (χ0) is 19.3. The van der Waals surface area contributed by atoms with Gasteiger partial charge in [0.15, 0.2) is 11.5 Å². The highest BCUT2D eigenvalue weighted by Gasteiger charge is 2.38. The van der Waals surface area contributed by atoms with E-state index in [1.165, 1.54) is 12.0 Å². The molecule has 0 unspecified atom stereocenters. The first-order chi connectivity index (χ1) is 13.1. The SMILES string of the molecule is COc1cc(CC(=O)NCC2(c3ccccc3)CCC2)cc(OC)c1OC. The van der Waals surface area contributed by atoms with Gasteiger partial charge in [-0.05, 0) is 36.1 Å². The predicted molar refractivity (Wildman–Crippen MR) is 105 cm³/mol. The van der Waals surface area contributed by atoms with Crippen LogP contribution in [-0.2, 0) is 16.6 Å². The highest BCUT2D eigenvalue weighted by molar-refractivity contribution is 5.79. The van der Waals surface area contributed by atoms with Crippen molar-refractivity contribution in [3.63, 3.8) is 0 Å². The van der Waals surface area contributed by atoms with E-state index in [9.17, 15) is 4.79 Å². The first-order valence-electron chi connectivity index (χ1n) is 9.23. The molecule has 3 rings (SSSR count). The molecule has 1 aliphatic rings. The smallest absolute Gasteiger partial charge is 0.224 e. The molecule has 27 heavy (non-hydrogen) atoms. The molecular weight excluding hydrogens is 342 g/mol. The highest BCUT2D eigenvalue weighted by Crippen LogP contribution is 2.43. The molecule has 0 spiro atoms. The van der Waals surface area contributed by atoms with Crippen molar-refractivity contribution in [2.75, 3.05) is 27.9 Å². The third-order valence-electron chi connectivity index (χ3n) is 5.41. The molecule has 0 atom stereocenters. The minimum atomic E-state index is -0.00789. The van der Waals surface area contributed by atoms with Crippen molar-refractivity contribution in [1.82, 2.24) is 5.32 Å². The van der Waals surface area contributed by atoms with Crippen molar-refractivity contribution in [3.05, 3.63) is 53.6 Å². The van der Waals surface area contributed by atoms with Crippen molar-refractivity contribution in [3.8, 4) is 17.2 Å². The molecule has 0 bridgehead atoms. The summed E-state index contributed by atoms with van der Waals surface area (Å²) in [6.45, 7) is 0.667. The lowest BCUT2D eigenvalue weighted by atomic mass is 9.64. The first kappa shape index (κ1) is 19.1. The number of hydrogen-bond donors (Lipinski definition) is 1. The number of amides is 1. The summed E-state index contributed by atoms with van der Waals surface area (Å²) in [5, 5.41) is 3.12. The van der Waals surface area contributed by atoms with Crippen molar-refractivity contribution in [2.45, 2.75) is 31.1 Å². The summed E-state index contributed by atoms with van der Waals surface area (Å²) in [4.78, 5) is 12.6. The van der Waals surface area contributed by atoms with Gasteiger partial charge in [-0.25, -0.2) is 0 Å². The summed E-state index contributed by atoms with van der Waals surface area (Å²) in [5.74, 6) is 1.63. The average Bonchev–Trinajstić information content (AvgIpc) is 2.67. The second-order valence-electron chi connectivity index (χ2n) is 6.99. The molecule has 1 amide bonds. The Labute approximate surface area is 160 Å². The molecule has 1 saturated carbocycles. The van der Waals surface area contributed by atoms with E-state index in [1.807, 2.05) is 18.2 Å². The van der Waals surface area contributed by atoms with E-state index in [2.05, 4.69) is 29.6 Å². The van der Waals surface area contributed by atoms with Crippen LogP contribution in [0.5, 0.6) is 17.2 Å². The summed E-state index contributed by atoms with van der Waals surface area (Å²) in [7, 11) is 4.71. The molecule has 1 N–H and O–H groups in total. The van der Waals surface area contributed by atoms with E-state index in [4.69, 9.17) is 14.2 Å². The molecule has 5 nitrogen and oxygen atoms in total. The van der Waals surface area contributed by atoms with Crippen LogP contribution in [0.3, 0.4) is 0 Å². The minimum absolute atomic E-state index is 0.00789. The van der Waals surface area contributed by atoms with Gasteiger partial charge in [-0.15, -0.1) is 0 Å². The molecule has 5 heteroatoms. The average molecular weight is 369 g/mol. The minimum Gasteiger partial charge on any atom is -0.493 e. The normalized spacial score (nSPS) is 14.8. The maximum Gasteiger partial charge on any atom is 0.224 e. The number of nitrogens with one attached hydrogen (secondary N) is 1. The maximum absolute atomic E-state index is 12.6. The summed E-state index contributed by atoms with van der Waals surface area (Å²) >= 11 is 0. The fourth-order valence-electron chi connectivity index (χ4n) is 3.72. The van der Waals surface area contributed by atoms with Crippen LogP contribution in [0.25, 0.3) is 0 Å². The largest absolute Gasteiger partial charge is 0.493 e. The molecule has 2 aromatic rings. The molecule has 0 radical (unpaired) electrons. The van der Waals surface area contributed by atoms with Crippen molar-refractivity contribution >= 4 is 5.91 Å². The van der Waals surface area contributed by atoms with Crippen LogP contribution in [0.2, 0.25) is 0 Å². The van der Waals surface area contributed by atoms with E-state index in [-0.39, 0.29) is 17.7 Å². The number of methoxy groups -OCH3 is 3. The van der Waals surface area contributed by atoms with Crippen molar-refractivity contribution < 1.29 is 19.0 Å². The van der Waals surface area contributed by atoms with Gasteiger partial charge in [-0.1, -0.05) is 36.8 Å². The van der Waals surface area contributed by atoms with Gasteiger partial charge in [0.1, 0.15) is 0 Å². The van der Waals surface area contributed by atoms with E-state index in [0.29, 0.717) is 23.8 Å². The van der Waals surface area contributed by atoms with Gasteiger partial charge >= 0.3 is 0 Å². The number of benzene rings is 2. The molecule has 0 aliphatic heterocycles. The highest BCUT2D eigenvalue weighted by atomic mass is 16.5. The lowest BCUT2D eigenvalue weighted by molar-refractivity contribution is -0.120. The molecule has 0 saturated heterocycles. The van der Waals surface area contributed by atoms with Gasteiger partial charge in [0.25, 0.3) is 0 Å². The van der Waals surface area contributed by atoms with Crippen LogP contribution >= 0.6 is 0 Å². The third-order valence-corrected chi connectivity index (χ3v) is 5.41. The van der Waals surface area contributed by atoms with Crippen LogP contribution in [0.1, 0.15) is 30.4 Å². The van der Waals surface area contributed by atoms with Gasteiger partial charge < -0.3 is 19.5 Å². The number of carbonyl (C=O) groups excluding carboxylic acids is 1. The fourth-order valence-corrected chi connectivity index (χ4v) is 3.72. The molecule has 1 aliphatic carbocycles. The summed E-state index contributed by atoms with van der Waals surface area (Å²) < 4.78 is 16.1. The van der Waals surface area contributed by atoms with Crippen LogP contribution < -0.4 is 19.5 Å². The van der Waals surface area contributed by atoms with Gasteiger partial charge in [0.2, 0.25) is 11.7 Å². The fraction of sp³-hybridized carbons (Fsp3) is 0.409. The second-order valence-corrected chi connectivity index (χ2v) is 6.99. The Bertz CT molecular complexity index is 759. The Morgan fingerprint density at radius 1 is 1.00 bits per heavy atom. The Morgan fingerprint density at radius 3 is 2.11 bits per heavy atom. The maximum atomic E-state index is 12.6. The molecular formula is C22H27NO4. The van der Waals surface area contributed by atoms with Gasteiger partial charge in [0, 0.05) is 12.0 Å². The Morgan fingerprint density at radius 2 is 1.63 bits per heavy atom. The second kappa shape index (κ2) is 8.33. The number of ether oxygens (including phenoxy) is 3. The zero-order valence-corrected chi connectivity index (χ0v) is 16.2. The predicted octanol–water partition coefficient (Wildman–Crippen LogP) is 3.49. The first-order valence-corrected chi connectivity index (χ1v) is 9.23. The summed E-state index contributed by atoms with van der Waals surface area (Å²) in [6, 6.07) is 14.1. The van der Waals surface area contributed by atoms with Gasteiger partial charge in [0.05, 0.1) is 27.8 Å². The number of hydrogen-bond acceptors (Lipinski definition) is 4. The lowest BCUT2D eigenvalue weighted by Crippen LogP contribution is -2.45. The van der Waals surface area contributed by atoms with E-state index in [0.717, 1.165) is 18.4 Å². The molecule has 0 heterocycles. The van der Waals surface area contributed by atoms with Gasteiger partial charge in [-0.2, -0.15) is 0 Å². The Hall–Kier alpha value is -2.69. The van der Waals surface area contributed by atoms with Crippen LogP contribution in [-0.4, -0.2) is 33.8 Å². The zero-order valence-electron chi connectivity index (χ0n) is 16.2.